The second-order valence-electron chi connectivity index (χ2n) is 13.4. The lowest BCUT2D eigenvalue weighted by Gasteiger charge is -2.37. The Morgan fingerprint density at radius 1 is 0.632 bits per heavy atom. The summed E-state index contributed by atoms with van der Waals surface area (Å²) in [5.74, 6) is 12.4. The molecule has 1 aromatic rings. The molecule has 1 aromatic carbocycles. The maximum absolute atomic E-state index is 3.39. The van der Waals surface area contributed by atoms with Crippen molar-refractivity contribution in [3.05, 3.63) is 47.5 Å². The van der Waals surface area contributed by atoms with Crippen LogP contribution < -0.4 is 0 Å². The highest BCUT2D eigenvalue weighted by Gasteiger charge is 2.30. The fourth-order valence-electron chi connectivity index (χ4n) is 8.04. The molecule has 0 nitrogen and oxygen atoms in total. The number of hydrogen-bond acceptors (Lipinski definition) is 0. The van der Waals surface area contributed by atoms with Crippen LogP contribution in [0.5, 0.6) is 0 Å². The molecule has 210 valence electrons. The molecule has 0 spiro atoms. The second kappa shape index (κ2) is 16.6. The molecule has 0 unspecified atom stereocenters. The van der Waals surface area contributed by atoms with Crippen molar-refractivity contribution < 1.29 is 0 Å². The van der Waals surface area contributed by atoms with E-state index in [1.165, 1.54) is 140 Å². The lowest BCUT2D eigenvalue weighted by Crippen LogP contribution is -2.25. The first-order chi connectivity index (χ1) is 18.7. The fourth-order valence-corrected chi connectivity index (χ4v) is 8.04. The van der Waals surface area contributed by atoms with E-state index in [-0.39, 0.29) is 0 Å². The number of unbranched alkanes of at least 4 members (excludes halogenated alkanes) is 4. The monoisotopic (exact) mass is 514 g/mol. The Bertz CT molecular complexity index is 840. The third-order valence-corrected chi connectivity index (χ3v) is 10.7. The van der Waals surface area contributed by atoms with E-state index in [0.29, 0.717) is 0 Å². The zero-order valence-electron chi connectivity index (χ0n) is 25.1. The van der Waals surface area contributed by atoms with Crippen molar-refractivity contribution >= 4 is 0 Å². The normalized spacial score (nSPS) is 30.2. The minimum Gasteiger partial charge on any atom is -0.0730 e. The number of hydrogen-bond donors (Lipinski definition) is 0. The molecule has 3 saturated carbocycles. The topological polar surface area (TPSA) is 0 Å². The van der Waals surface area contributed by atoms with Gasteiger partial charge in [-0.05, 0) is 123 Å². The van der Waals surface area contributed by atoms with Gasteiger partial charge in [0.15, 0.2) is 0 Å². The van der Waals surface area contributed by atoms with Crippen molar-refractivity contribution in [3.8, 4) is 11.8 Å². The first kappa shape index (κ1) is 29.5. The van der Waals surface area contributed by atoms with Crippen LogP contribution in [0.25, 0.3) is 0 Å². The summed E-state index contributed by atoms with van der Waals surface area (Å²) in [4.78, 5) is 0. The molecule has 0 N–H and O–H groups in total. The summed E-state index contributed by atoms with van der Waals surface area (Å²) >= 11 is 0. The van der Waals surface area contributed by atoms with Gasteiger partial charge in [0.2, 0.25) is 0 Å². The molecule has 3 aliphatic rings. The predicted octanol–water partition coefficient (Wildman–Crippen LogP) is 11.6. The number of allylic oxidation sites excluding steroid dienone is 2. The summed E-state index contributed by atoms with van der Waals surface area (Å²) in [6, 6.07) is 9.22. The highest BCUT2D eigenvalue weighted by molar-refractivity contribution is 5.39. The van der Waals surface area contributed by atoms with E-state index in [0.717, 1.165) is 35.5 Å². The van der Waals surface area contributed by atoms with Crippen LogP contribution in [0.2, 0.25) is 0 Å². The standard InChI is InChI=1S/C38H58/c1-3-5-7-8-12-32-17-25-36(26-18-32)38-29-21-34(22-30-38)14-10-9-13-33-19-27-37(28-20-33)35-23-15-31(16-24-35)11-6-4-2/h10,14,19-20,27-28,31-32,34-36,38H,3-8,11-12,15-18,21-26,29-30H2,1-2H3/b14-10+. The minimum atomic E-state index is 0.755. The molecule has 38 heavy (non-hydrogen) atoms. The van der Waals surface area contributed by atoms with Crippen molar-refractivity contribution in [2.45, 2.75) is 148 Å². The Morgan fingerprint density at radius 2 is 1.21 bits per heavy atom. The fraction of sp³-hybridized carbons (Fsp3) is 0.737. The third-order valence-electron chi connectivity index (χ3n) is 10.7. The zero-order valence-corrected chi connectivity index (χ0v) is 25.1. The van der Waals surface area contributed by atoms with Crippen LogP contribution in [-0.2, 0) is 0 Å². The van der Waals surface area contributed by atoms with Gasteiger partial charge in [0, 0.05) is 5.56 Å². The van der Waals surface area contributed by atoms with Crippen molar-refractivity contribution in [1.29, 1.82) is 0 Å². The second-order valence-corrected chi connectivity index (χ2v) is 13.4. The average molecular weight is 515 g/mol. The first-order valence-corrected chi connectivity index (χ1v) is 17.0. The summed E-state index contributed by atoms with van der Waals surface area (Å²) < 4.78 is 0. The predicted molar refractivity (Wildman–Crippen MR) is 166 cm³/mol. The zero-order chi connectivity index (χ0) is 26.4. The van der Waals surface area contributed by atoms with Crippen molar-refractivity contribution in [3.63, 3.8) is 0 Å². The van der Waals surface area contributed by atoms with Crippen molar-refractivity contribution in [1.82, 2.24) is 0 Å². The van der Waals surface area contributed by atoms with Crippen LogP contribution in [-0.4, -0.2) is 0 Å². The summed E-state index contributed by atoms with van der Waals surface area (Å²) in [5, 5.41) is 0. The molecule has 0 aliphatic heterocycles. The van der Waals surface area contributed by atoms with Gasteiger partial charge < -0.3 is 0 Å². The van der Waals surface area contributed by atoms with Gasteiger partial charge in [-0.3, -0.25) is 0 Å². The van der Waals surface area contributed by atoms with Crippen LogP contribution in [0.1, 0.15) is 159 Å². The molecule has 0 amide bonds. The van der Waals surface area contributed by atoms with Gasteiger partial charge in [-0.1, -0.05) is 108 Å². The molecule has 0 aromatic heterocycles. The van der Waals surface area contributed by atoms with Gasteiger partial charge in [0.25, 0.3) is 0 Å². The van der Waals surface area contributed by atoms with Crippen LogP contribution in [0.15, 0.2) is 36.4 Å². The van der Waals surface area contributed by atoms with Crippen LogP contribution in [0.3, 0.4) is 0 Å². The van der Waals surface area contributed by atoms with E-state index >= 15 is 0 Å². The molecule has 0 atom stereocenters. The van der Waals surface area contributed by atoms with Gasteiger partial charge in [-0.15, -0.1) is 0 Å². The Kier molecular flexibility index (Phi) is 12.9. The van der Waals surface area contributed by atoms with Crippen molar-refractivity contribution in [2.75, 3.05) is 0 Å². The van der Waals surface area contributed by atoms with Gasteiger partial charge in [-0.25, -0.2) is 0 Å². The van der Waals surface area contributed by atoms with E-state index < -0.39 is 0 Å². The highest BCUT2D eigenvalue weighted by Crippen LogP contribution is 2.42. The quantitative estimate of drug-likeness (QED) is 0.203. The van der Waals surface area contributed by atoms with Gasteiger partial charge in [0.05, 0.1) is 0 Å². The molecular formula is C38H58. The third kappa shape index (κ3) is 9.61. The van der Waals surface area contributed by atoms with Crippen LogP contribution in [0, 0.1) is 41.4 Å². The van der Waals surface area contributed by atoms with Gasteiger partial charge in [-0.2, -0.15) is 0 Å². The molecule has 0 saturated heterocycles. The smallest absolute Gasteiger partial charge is 0.0249 e. The molecule has 3 fully saturated rings. The lowest BCUT2D eigenvalue weighted by atomic mass is 9.68. The average Bonchev–Trinajstić information content (AvgIpc) is 2.98. The summed E-state index contributed by atoms with van der Waals surface area (Å²) in [7, 11) is 0. The molecule has 4 rings (SSSR count). The maximum Gasteiger partial charge on any atom is 0.0249 e. The largest absolute Gasteiger partial charge is 0.0730 e. The van der Waals surface area contributed by atoms with Crippen LogP contribution in [0.4, 0.5) is 0 Å². The van der Waals surface area contributed by atoms with E-state index in [4.69, 9.17) is 0 Å². The number of benzene rings is 1. The van der Waals surface area contributed by atoms with Crippen LogP contribution >= 0.6 is 0 Å². The molecule has 3 aliphatic carbocycles. The summed E-state index contributed by atoms with van der Waals surface area (Å²) in [6.45, 7) is 4.64. The van der Waals surface area contributed by atoms with Gasteiger partial charge >= 0.3 is 0 Å². The minimum absolute atomic E-state index is 0.755. The van der Waals surface area contributed by atoms with E-state index in [1.807, 2.05) is 0 Å². The van der Waals surface area contributed by atoms with E-state index in [1.54, 1.807) is 0 Å². The number of rotatable bonds is 11. The SMILES string of the molecule is CCCCCCC1CCC(C2CCC(/C=C/C#Cc3ccc(C4CCC(CCCC)CC4)cc3)CC2)CC1. The lowest BCUT2D eigenvalue weighted by molar-refractivity contribution is 0.151. The molecule has 0 heterocycles. The Hall–Kier alpha value is -1.48. The Balaban J connectivity index is 1.12. The summed E-state index contributed by atoms with van der Waals surface area (Å²) in [6.07, 6.45) is 33.4. The maximum atomic E-state index is 3.39. The van der Waals surface area contributed by atoms with Gasteiger partial charge in [0.1, 0.15) is 0 Å². The molecular weight excluding hydrogens is 456 g/mol. The first-order valence-electron chi connectivity index (χ1n) is 17.0. The van der Waals surface area contributed by atoms with Crippen molar-refractivity contribution in [2.24, 2.45) is 29.6 Å². The van der Waals surface area contributed by atoms with E-state index in [9.17, 15) is 0 Å². The summed E-state index contributed by atoms with van der Waals surface area (Å²) in [5.41, 5.74) is 2.71. The highest BCUT2D eigenvalue weighted by atomic mass is 14.4. The Morgan fingerprint density at radius 3 is 1.84 bits per heavy atom. The molecule has 0 radical (unpaired) electrons. The Labute approximate surface area is 236 Å². The molecule has 0 bridgehead atoms. The van der Waals surface area contributed by atoms with E-state index in [2.05, 4.69) is 62.1 Å². The molecule has 0 heteroatoms.